The maximum atomic E-state index is 11.8. The first kappa shape index (κ1) is 11.9. The van der Waals surface area contributed by atoms with Gasteiger partial charge in [-0.25, -0.2) is 4.98 Å². The lowest BCUT2D eigenvalue weighted by molar-refractivity contribution is -0.129. The average Bonchev–Trinajstić information content (AvgIpc) is 3.23. The Balaban J connectivity index is 1.59. The fourth-order valence-corrected chi connectivity index (χ4v) is 3.25. The number of aromatic amines is 1. The zero-order valence-electron chi connectivity index (χ0n) is 11.3. The predicted molar refractivity (Wildman–Crippen MR) is 73.8 cm³/mol. The first-order valence-corrected chi connectivity index (χ1v) is 7.36. The lowest BCUT2D eigenvalue weighted by atomic mass is 10.1. The van der Waals surface area contributed by atoms with Gasteiger partial charge < -0.3 is 14.8 Å². The number of carbonyl (C=O) groups excluding carboxylic acids is 1. The van der Waals surface area contributed by atoms with Crippen LogP contribution >= 0.6 is 0 Å². The summed E-state index contributed by atoms with van der Waals surface area (Å²) in [6.45, 7) is 2.31. The van der Waals surface area contributed by atoms with Gasteiger partial charge in [-0.15, -0.1) is 0 Å². The van der Waals surface area contributed by atoms with Crippen LogP contribution in [0.3, 0.4) is 0 Å². The molecule has 3 aliphatic rings. The van der Waals surface area contributed by atoms with Crippen LogP contribution in [0.2, 0.25) is 0 Å². The van der Waals surface area contributed by atoms with Crippen LogP contribution in [0.5, 0.6) is 0 Å². The Morgan fingerprint density at radius 2 is 2.05 bits per heavy atom. The summed E-state index contributed by atoms with van der Waals surface area (Å²) in [7, 11) is 0. The second kappa shape index (κ2) is 4.33. The van der Waals surface area contributed by atoms with Crippen LogP contribution in [0.1, 0.15) is 37.4 Å². The molecule has 6 heteroatoms. The van der Waals surface area contributed by atoms with Gasteiger partial charge in [-0.2, -0.15) is 0 Å². The van der Waals surface area contributed by atoms with Gasteiger partial charge in [0, 0.05) is 44.1 Å². The molecule has 1 unspecified atom stereocenters. The van der Waals surface area contributed by atoms with E-state index in [4.69, 9.17) is 0 Å². The van der Waals surface area contributed by atoms with E-state index >= 15 is 0 Å². The number of carbonyl (C=O) groups is 1. The summed E-state index contributed by atoms with van der Waals surface area (Å²) in [4.78, 5) is 35.1. The SMILES string of the molecule is O=C1CCC2CN(c3cc(=O)[nH]c(C4CC4)n3)CCN12. The number of rotatable bonds is 2. The Bertz CT molecular complexity index is 607. The molecule has 6 nitrogen and oxygen atoms in total. The van der Waals surface area contributed by atoms with Gasteiger partial charge in [0.2, 0.25) is 5.91 Å². The summed E-state index contributed by atoms with van der Waals surface area (Å²) in [5.74, 6) is 2.32. The zero-order valence-corrected chi connectivity index (χ0v) is 11.3. The second-order valence-electron chi connectivity index (χ2n) is 5.99. The first-order chi connectivity index (χ1) is 9.70. The standard InChI is InChI=1S/C14H18N4O2/c19-12-7-11(15-14(16-12)9-1-2-9)17-5-6-18-10(8-17)3-4-13(18)20/h7,9-10H,1-6,8H2,(H,15,16,19). The van der Waals surface area contributed by atoms with E-state index in [0.717, 1.165) is 50.5 Å². The van der Waals surface area contributed by atoms with Crippen molar-refractivity contribution in [2.24, 2.45) is 0 Å². The molecule has 1 atom stereocenters. The fourth-order valence-electron chi connectivity index (χ4n) is 3.25. The van der Waals surface area contributed by atoms with Crippen molar-refractivity contribution in [3.63, 3.8) is 0 Å². The van der Waals surface area contributed by atoms with E-state index in [9.17, 15) is 9.59 Å². The number of piperazine rings is 1. The van der Waals surface area contributed by atoms with Gasteiger partial charge >= 0.3 is 0 Å². The highest BCUT2D eigenvalue weighted by molar-refractivity contribution is 5.79. The quantitative estimate of drug-likeness (QED) is 0.850. The Morgan fingerprint density at radius 3 is 2.85 bits per heavy atom. The Hall–Kier alpha value is -1.85. The summed E-state index contributed by atoms with van der Waals surface area (Å²) in [6.07, 6.45) is 3.83. The number of hydrogen-bond donors (Lipinski definition) is 1. The van der Waals surface area contributed by atoms with Crippen molar-refractivity contribution >= 4 is 11.7 Å². The van der Waals surface area contributed by atoms with E-state index < -0.39 is 0 Å². The summed E-state index contributed by atoms with van der Waals surface area (Å²) in [5.41, 5.74) is -0.0678. The number of fused-ring (bicyclic) bond motifs is 1. The minimum Gasteiger partial charge on any atom is -0.353 e. The Morgan fingerprint density at radius 1 is 1.20 bits per heavy atom. The molecule has 1 amide bonds. The van der Waals surface area contributed by atoms with Gasteiger partial charge in [-0.3, -0.25) is 9.59 Å². The molecular formula is C14H18N4O2. The molecule has 0 spiro atoms. The van der Waals surface area contributed by atoms with Crippen molar-refractivity contribution < 1.29 is 4.79 Å². The molecule has 0 aromatic carbocycles. The van der Waals surface area contributed by atoms with Gasteiger partial charge in [-0.05, 0) is 19.3 Å². The molecule has 0 radical (unpaired) electrons. The molecule has 2 aliphatic heterocycles. The van der Waals surface area contributed by atoms with Crippen LogP contribution in [0.4, 0.5) is 5.82 Å². The summed E-state index contributed by atoms with van der Waals surface area (Å²) in [6, 6.07) is 1.87. The lowest BCUT2D eigenvalue weighted by Crippen LogP contribution is -2.52. The summed E-state index contributed by atoms with van der Waals surface area (Å²) < 4.78 is 0. The molecule has 1 aliphatic carbocycles. The highest BCUT2D eigenvalue weighted by Crippen LogP contribution is 2.38. The van der Waals surface area contributed by atoms with E-state index in [1.165, 1.54) is 0 Å². The third-order valence-corrected chi connectivity index (χ3v) is 4.53. The van der Waals surface area contributed by atoms with Gasteiger partial charge in [0.25, 0.3) is 5.56 Å². The average molecular weight is 274 g/mol. The van der Waals surface area contributed by atoms with Gasteiger partial charge in [0.15, 0.2) is 0 Å². The first-order valence-electron chi connectivity index (χ1n) is 7.36. The second-order valence-corrected chi connectivity index (χ2v) is 5.99. The molecule has 1 aromatic rings. The Kier molecular flexibility index (Phi) is 2.58. The van der Waals surface area contributed by atoms with Crippen LogP contribution in [-0.4, -0.2) is 46.5 Å². The largest absolute Gasteiger partial charge is 0.353 e. The fraction of sp³-hybridized carbons (Fsp3) is 0.643. The number of anilines is 1. The highest BCUT2D eigenvalue weighted by atomic mass is 16.2. The summed E-state index contributed by atoms with van der Waals surface area (Å²) in [5, 5.41) is 0. The minimum atomic E-state index is -0.0678. The van der Waals surface area contributed by atoms with Crippen LogP contribution in [0.25, 0.3) is 0 Å². The maximum absolute atomic E-state index is 11.8. The number of hydrogen-bond acceptors (Lipinski definition) is 4. The normalized spacial score (nSPS) is 26.0. The molecule has 20 heavy (non-hydrogen) atoms. The number of nitrogens with one attached hydrogen (secondary N) is 1. The van der Waals surface area contributed by atoms with Crippen LogP contribution < -0.4 is 10.5 Å². The van der Waals surface area contributed by atoms with Gasteiger partial charge in [0.05, 0.1) is 0 Å². The minimum absolute atomic E-state index is 0.0678. The number of amides is 1. The van der Waals surface area contributed by atoms with E-state index in [-0.39, 0.29) is 11.5 Å². The molecule has 1 saturated carbocycles. The molecule has 2 saturated heterocycles. The van der Waals surface area contributed by atoms with Crippen LogP contribution in [0.15, 0.2) is 10.9 Å². The topological polar surface area (TPSA) is 69.3 Å². The molecule has 3 heterocycles. The molecular weight excluding hydrogens is 256 g/mol. The number of aromatic nitrogens is 2. The maximum Gasteiger partial charge on any atom is 0.252 e. The molecule has 0 bridgehead atoms. The molecule has 4 rings (SSSR count). The van der Waals surface area contributed by atoms with Crippen molar-refractivity contribution in [3.05, 3.63) is 22.2 Å². The van der Waals surface area contributed by atoms with Gasteiger partial charge in [0.1, 0.15) is 11.6 Å². The van der Waals surface area contributed by atoms with Gasteiger partial charge in [-0.1, -0.05) is 0 Å². The van der Waals surface area contributed by atoms with Crippen molar-refractivity contribution in [3.8, 4) is 0 Å². The van der Waals surface area contributed by atoms with Crippen molar-refractivity contribution in [1.29, 1.82) is 0 Å². The molecule has 3 fully saturated rings. The van der Waals surface area contributed by atoms with E-state index in [0.29, 0.717) is 18.4 Å². The zero-order chi connectivity index (χ0) is 13.7. The third-order valence-electron chi connectivity index (χ3n) is 4.53. The van der Waals surface area contributed by atoms with Crippen LogP contribution in [-0.2, 0) is 4.79 Å². The number of nitrogens with zero attached hydrogens (tertiary/aromatic N) is 3. The highest BCUT2D eigenvalue weighted by Gasteiger charge is 2.36. The van der Waals surface area contributed by atoms with Crippen molar-refractivity contribution in [1.82, 2.24) is 14.9 Å². The molecule has 1 aromatic heterocycles. The third kappa shape index (κ3) is 1.99. The monoisotopic (exact) mass is 274 g/mol. The molecule has 1 N–H and O–H groups in total. The smallest absolute Gasteiger partial charge is 0.252 e. The van der Waals surface area contributed by atoms with Crippen LogP contribution in [0, 0.1) is 0 Å². The van der Waals surface area contributed by atoms with Crippen molar-refractivity contribution in [2.75, 3.05) is 24.5 Å². The van der Waals surface area contributed by atoms with E-state index in [1.807, 2.05) is 4.90 Å². The molecule has 106 valence electrons. The lowest BCUT2D eigenvalue weighted by Gasteiger charge is -2.38. The number of H-pyrrole nitrogens is 1. The summed E-state index contributed by atoms with van der Waals surface area (Å²) >= 11 is 0. The Labute approximate surface area is 116 Å². The van der Waals surface area contributed by atoms with Crippen molar-refractivity contribution in [2.45, 2.75) is 37.6 Å². The predicted octanol–water partition coefficient (Wildman–Crippen LogP) is 0.458. The van der Waals surface area contributed by atoms with E-state index in [2.05, 4.69) is 14.9 Å². The van der Waals surface area contributed by atoms with E-state index in [1.54, 1.807) is 6.07 Å².